The van der Waals surface area contributed by atoms with E-state index in [-0.39, 0.29) is 6.04 Å². The predicted molar refractivity (Wildman–Crippen MR) is 67.2 cm³/mol. The van der Waals surface area contributed by atoms with Gasteiger partial charge in [-0.25, -0.2) is 0 Å². The second-order valence-corrected chi connectivity index (χ2v) is 4.70. The highest BCUT2D eigenvalue weighted by atomic mass is 16.3. The Morgan fingerprint density at radius 1 is 1.06 bits per heavy atom. The molecule has 0 saturated heterocycles. The molecule has 0 radical (unpaired) electrons. The van der Waals surface area contributed by atoms with E-state index in [0.29, 0.717) is 0 Å². The Morgan fingerprint density at radius 2 is 1.69 bits per heavy atom. The largest absolute Gasteiger partial charge is 0.388 e. The monoisotopic (exact) mass is 215 g/mol. The number of benzene rings is 2. The van der Waals surface area contributed by atoms with Crippen LogP contribution in [-0.2, 0) is 0 Å². The molecule has 0 bridgehead atoms. The van der Waals surface area contributed by atoms with Crippen LogP contribution >= 0.6 is 0 Å². The molecular weight excluding hydrogens is 198 g/mol. The molecule has 3 N–H and O–H groups in total. The first-order chi connectivity index (χ1) is 7.50. The summed E-state index contributed by atoms with van der Waals surface area (Å²) < 4.78 is 0. The Bertz CT molecular complexity index is 494. The molecule has 0 spiro atoms. The van der Waals surface area contributed by atoms with Crippen molar-refractivity contribution in [3.05, 3.63) is 48.0 Å². The smallest absolute Gasteiger partial charge is 0.0783 e. The molecule has 2 nitrogen and oxygen atoms in total. The molecule has 2 aromatic carbocycles. The van der Waals surface area contributed by atoms with Crippen LogP contribution in [-0.4, -0.2) is 10.7 Å². The number of hydrogen-bond acceptors (Lipinski definition) is 2. The summed E-state index contributed by atoms with van der Waals surface area (Å²) in [6, 6.07) is 13.7. The average Bonchev–Trinajstić information content (AvgIpc) is 2.26. The van der Waals surface area contributed by atoms with E-state index < -0.39 is 5.60 Å². The first-order valence-electron chi connectivity index (χ1n) is 5.46. The van der Waals surface area contributed by atoms with E-state index in [4.69, 9.17) is 5.73 Å². The van der Waals surface area contributed by atoms with Crippen LogP contribution in [0.25, 0.3) is 10.8 Å². The van der Waals surface area contributed by atoms with Gasteiger partial charge in [0.15, 0.2) is 0 Å². The zero-order valence-corrected chi connectivity index (χ0v) is 9.64. The molecule has 1 atom stereocenters. The Morgan fingerprint density at radius 3 is 2.38 bits per heavy atom. The summed E-state index contributed by atoms with van der Waals surface area (Å²) in [5.74, 6) is 0. The van der Waals surface area contributed by atoms with Gasteiger partial charge in [-0.2, -0.15) is 0 Å². The number of fused-ring (bicyclic) bond motifs is 1. The van der Waals surface area contributed by atoms with Gasteiger partial charge in [0.25, 0.3) is 0 Å². The molecular formula is C14H17NO. The average molecular weight is 215 g/mol. The van der Waals surface area contributed by atoms with E-state index in [0.717, 1.165) is 16.3 Å². The van der Waals surface area contributed by atoms with Crippen molar-refractivity contribution < 1.29 is 5.11 Å². The molecule has 0 aliphatic heterocycles. The summed E-state index contributed by atoms with van der Waals surface area (Å²) in [6.45, 7) is 3.47. The molecule has 0 heterocycles. The molecule has 0 unspecified atom stereocenters. The summed E-state index contributed by atoms with van der Waals surface area (Å²) in [5.41, 5.74) is 6.17. The van der Waals surface area contributed by atoms with Crippen molar-refractivity contribution in [1.82, 2.24) is 0 Å². The zero-order valence-electron chi connectivity index (χ0n) is 9.64. The van der Waals surface area contributed by atoms with E-state index in [9.17, 15) is 5.11 Å². The van der Waals surface area contributed by atoms with Crippen LogP contribution in [0, 0.1) is 0 Å². The van der Waals surface area contributed by atoms with Crippen LogP contribution in [0.5, 0.6) is 0 Å². The Kier molecular flexibility index (Phi) is 2.70. The predicted octanol–water partition coefficient (Wildman–Crippen LogP) is 2.61. The molecule has 2 heteroatoms. The summed E-state index contributed by atoms with van der Waals surface area (Å²) in [5, 5.41) is 12.2. The maximum absolute atomic E-state index is 9.97. The van der Waals surface area contributed by atoms with Crippen molar-refractivity contribution >= 4 is 10.8 Å². The van der Waals surface area contributed by atoms with Gasteiger partial charge in [0, 0.05) is 0 Å². The van der Waals surface area contributed by atoms with Crippen LogP contribution in [0.1, 0.15) is 25.5 Å². The normalized spacial score (nSPS) is 14.0. The molecule has 0 saturated carbocycles. The quantitative estimate of drug-likeness (QED) is 0.809. The van der Waals surface area contributed by atoms with Gasteiger partial charge in [0.1, 0.15) is 0 Å². The molecule has 2 aromatic rings. The minimum Gasteiger partial charge on any atom is -0.388 e. The maximum atomic E-state index is 9.97. The Hall–Kier alpha value is -1.38. The van der Waals surface area contributed by atoms with Crippen LogP contribution in [0.4, 0.5) is 0 Å². The van der Waals surface area contributed by atoms with E-state index >= 15 is 0 Å². The molecule has 0 aromatic heterocycles. The van der Waals surface area contributed by atoms with E-state index in [1.165, 1.54) is 0 Å². The topological polar surface area (TPSA) is 46.2 Å². The van der Waals surface area contributed by atoms with Crippen molar-refractivity contribution in [1.29, 1.82) is 0 Å². The number of aliphatic hydroxyl groups is 1. The minimum atomic E-state index is -0.913. The molecule has 2 rings (SSSR count). The van der Waals surface area contributed by atoms with Crippen LogP contribution < -0.4 is 5.73 Å². The molecule has 0 aliphatic carbocycles. The second kappa shape index (κ2) is 3.89. The Labute approximate surface area is 95.7 Å². The number of rotatable bonds is 2. The summed E-state index contributed by atoms with van der Waals surface area (Å²) in [7, 11) is 0. The van der Waals surface area contributed by atoms with Crippen molar-refractivity contribution in [2.45, 2.75) is 25.5 Å². The molecule has 0 aliphatic rings. The standard InChI is InChI=1S/C14H17NO/c1-14(2,16)13(15)12-9-5-7-10-6-3-4-8-11(10)12/h3-9,13,16H,15H2,1-2H3/t13-/m1/s1. The summed E-state index contributed by atoms with van der Waals surface area (Å²) in [6.07, 6.45) is 0. The van der Waals surface area contributed by atoms with Crippen molar-refractivity contribution in [3.63, 3.8) is 0 Å². The van der Waals surface area contributed by atoms with Crippen molar-refractivity contribution in [3.8, 4) is 0 Å². The first kappa shape index (κ1) is 11.1. The van der Waals surface area contributed by atoms with E-state index in [1.807, 2.05) is 30.3 Å². The zero-order chi connectivity index (χ0) is 11.8. The third-order valence-electron chi connectivity index (χ3n) is 2.92. The first-order valence-corrected chi connectivity index (χ1v) is 5.46. The lowest BCUT2D eigenvalue weighted by molar-refractivity contribution is 0.0522. The van der Waals surface area contributed by atoms with E-state index in [2.05, 4.69) is 12.1 Å². The minimum absolute atomic E-state index is 0.376. The highest BCUT2D eigenvalue weighted by Gasteiger charge is 2.25. The SMILES string of the molecule is CC(C)(O)[C@H](N)c1cccc2ccccc12. The third-order valence-corrected chi connectivity index (χ3v) is 2.92. The molecule has 0 fully saturated rings. The second-order valence-electron chi connectivity index (χ2n) is 4.70. The van der Waals surface area contributed by atoms with Crippen molar-refractivity contribution in [2.24, 2.45) is 5.73 Å². The van der Waals surface area contributed by atoms with Crippen LogP contribution in [0.2, 0.25) is 0 Å². The van der Waals surface area contributed by atoms with Gasteiger partial charge in [0.2, 0.25) is 0 Å². The lowest BCUT2D eigenvalue weighted by Gasteiger charge is -2.27. The van der Waals surface area contributed by atoms with Gasteiger partial charge in [-0.1, -0.05) is 42.5 Å². The highest BCUT2D eigenvalue weighted by Crippen LogP contribution is 2.29. The molecule has 84 valence electrons. The van der Waals surface area contributed by atoms with Gasteiger partial charge < -0.3 is 10.8 Å². The fourth-order valence-corrected chi connectivity index (χ4v) is 1.90. The third kappa shape index (κ3) is 1.94. The van der Waals surface area contributed by atoms with E-state index in [1.54, 1.807) is 13.8 Å². The van der Waals surface area contributed by atoms with Gasteiger partial charge in [-0.05, 0) is 30.2 Å². The number of nitrogens with two attached hydrogens (primary N) is 1. The summed E-state index contributed by atoms with van der Waals surface area (Å²) in [4.78, 5) is 0. The lowest BCUT2D eigenvalue weighted by atomic mass is 9.89. The Balaban J connectivity index is 2.61. The van der Waals surface area contributed by atoms with Gasteiger partial charge in [0.05, 0.1) is 11.6 Å². The fourth-order valence-electron chi connectivity index (χ4n) is 1.90. The lowest BCUT2D eigenvalue weighted by Crippen LogP contribution is -2.35. The molecule has 0 amide bonds. The van der Waals surface area contributed by atoms with Crippen molar-refractivity contribution in [2.75, 3.05) is 0 Å². The molecule has 16 heavy (non-hydrogen) atoms. The fraction of sp³-hybridized carbons (Fsp3) is 0.286. The van der Waals surface area contributed by atoms with Crippen LogP contribution in [0.3, 0.4) is 0 Å². The summed E-state index contributed by atoms with van der Waals surface area (Å²) >= 11 is 0. The van der Waals surface area contributed by atoms with Gasteiger partial charge in [-0.3, -0.25) is 0 Å². The number of hydrogen-bond donors (Lipinski definition) is 2. The van der Waals surface area contributed by atoms with Crippen LogP contribution in [0.15, 0.2) is 42.5 Å². The maximum Gasteiger partial charge on any atom is 0.0783 e. The van der Waals surface area contributed by atoms with Gasteiger partial charge in [-0.15, -0.1) is 0 Å². The highest BCUT2D eigenvalue weighted by molar-refractivity contribution is 5.86. The van der Waals surface area contributed by atoms with Gasteiger partial charge >= 0.3 is 0 Å².